The van der Waals surface area contributed by atoms with E-state index in [-0.39, 0.29) is 0 Å². The number of imidazole rings is 1. The molecule has 0 aromatic carbocycles. The third kappa shape index (κ3) is 4.04. The van der Waals surface area contributed by atoms with Gasteiger partial charge in [-0.1, -0.05) is 36.4 Å². The second kappa shape index (κ2) is 8.13. The summed E-state index contributed by atoms with van der Waals surface area (Å²) in [7, 11) is 0. The standard InChI is InChI=1S/C18H22ClN5/c1-2-21-18(24-11-9-20-10-12-24)17-22-13-16(23-17)14-5-3-4-6-15(19)8-7-14/h2-3,5,7-8,13,20H,1,4,6,9-12H2,(H,22,23)/b5-3-,14-7+,15-8+,21-18?. The molecule has 0 bridgehead atoms. The van der Waals surface area contributed by atoms with Crippen molar-refractivity contribution in [2.75, 3.05) is 26.2 Å². The predicted molar refractivity (Wildman–Crippen MR) is 100 cm³/mol. The number of rotatable bonds is 3. The molecule has 6 heteroatoms. The number of hydrogen-bond acceptors (Lipinski definition) is 3. The number of aromatic amines is 1. The normalized spacial score (nSPS) is 25.0. The summed E-state index contributed by atoms with van der Waals surface area (Å²) in [6.45, 7) is 7.44. The van der Waals surface area contributed by atoms with E-state index in [1.54, 1.807) is 6.20 Å². The fourth-order valence-electron chi connectivity index (χ4n) is 2.77. The van der Waals surface area contributed by atoms with Crippen molar-refractivity contribution in [3.05, 3.63) is 59.8 Å². The van der Waals surface area contributed by atoms with Crippen molar-refractivity contribution in [3.8, 4) is 0 Å². The molecule has 0 spiro atoms. The Hall–Kier alpha value is -2.11. The van der Waals surface area contributed by atoms with Gasteiger partial charge in [0.15, 0.2) is 11.7 Å². The lowest BCUT2D eigenvalue weighted by molar-refractivity contribution is 0.357. The number of piperazine rings is 1. The number of hydrogen-bond donors (Lipinski definition) is 2. The van der Waals surface area contributed by atoms with E-state index in [1.165, 1.54) is 0 Å². The van der Waals surface area contributed by atoms with Crippen LogP contribution in [0.2, 0.25) is 0 Å². The highest BCUT2D eigenvalue weighted by Gasteiger charge is 2.19. The summed E-state index contributed by atoms with van der Waals surface area (Å²) in [5.41, 5.74) is 2.01. The van der Waals surface area contributed by atoms with Crippen LogP contribution in [-0.2, 0) is 0 Å². The van der Waals surface area contributed by atoms with Crippen LogP contribution < -0.4 is 5.32 Å². The second-order valence-corrected chi connectivity index (χ2v) is 6.18. The Bertz CT molecular complexity index is 705. The second-order valence-electron chi connectivity index (χ2n) is 5.69. The Balaban J connectivity index is 1.88. The molecular weight excluding hydrogens is 322 g/mol. The van der Waals surface area contributed by atoms with Crippen LogP contribution in [-0.4, -0.2) is 46.9 Å². The summed E-state index contributed by atoms with van der Waals surface area (Å²) in [4.78, 5) is 14.6. The maximum absolute atomic E-state index is 6.16. The number of H-pyrrole nitrogens is 1. The molecule has 1 saturated heterocycles. The van der Waals surface area contributed by atoms with Gasteiger partial charge in [0.25, 0.3) is 0 Å². The maximum atomic E-state index is 6.16. The van der Waals surface area contributed by atoms with Gasteiger partial charge in [-0.15, -0.1) is 0 Å². The lowest BCUT2D eigenvalue weighted by Gasteiger charge is -2.29. The molecule has 5 nitrogen and oxygen atoms in total. The first kappa shape index (κ1) is 16.7. The third-order valence-electron chi connectivity index (χ3n) is 4.02. The van der Waals surface area contributed by atoms with E-state index in [4.69, 9.17) is 11.6 Å². The quantitative estimate of drug-likeness (QED) is 0.655. The van der Waals surface area contributed by atoms with Gasteiger partial charge >= 0.3 is 0 Å². The summed E-state index contributed by atoms with van der Waals surface area (Å²) in [5, 5.41) is 4.21. The molecule has 1 aliphatic carbocycles. The molecule has 0 radical (unpaired) electrons. The molecule has 24 heavy (non-hydrogen) atoms. The molecule has 1 aromatic heterocycles. The number of nitrogens with one attached hydrogen (secondary N) is 2. The van der Waals surface area contributed by atoms with Gasteiger partial charge in [-0.3, -0.25) is 0 Å². The number of aromatic nitrogens is 2. The van der Waals surface area contributed by atoms with E-state index in [2.05, 4.69) is 43.9 Å². The fourth-order valence-corrected chi connectivity index (χ4v) is 2.94. The number of nitrogens with zero attached hydrogens (tertiary/aromatic N) is 3. The first-order chi connectivity index (χ1) is 11.8. The van der Waals surface area contributed by atoms with E-state index >= 15 is 0 Å². The summed E-state index contributed by atoms with van der Waals surface area (Å²) >= 11 is 6.16. The van der Waals surface area contributed by atoms with Crippen LogP contribution in [0.15, 0.2) is 53.3 Å². The molecule has 2 N–H and O–H groups in total. The van der Waals surface area contributed by atoms with Crippen LogP contribution in [0.25, 0.3) is 5.57 Å². The van der Waals surface area contributed by atoms with Crippen molar-refractivity contribution in [2.45, 2.75) is 12.8 Å². The van der Waals surface area contributed by atoms with E-state index in [0.717, 1.165) is 67.0 Å². The van der Waals surface area contributed by atoms with Gasteiger partial charge in [-0.2, -0.15) is 0 Å². The number of allylic oxidation sites excluding steroid dienone is 6. The summed E-state index contributed by atoms with van der Waals surface area (Å²) in [5.74, 6) is 1.60. The monoisotopic (exact) mass is 343 g/mol. The van der Waals surface area contributed by atoms with Crippen molar-refractivity contribution in [1.29, 1.82) is 0 Å². The zero-order valence-electron chi connectivity index (χ0n) is 13.6. The van der Waals surface area contributed by atoms with Crippen LogP contribution >= 0.6 is 11.6 Å². The highest BCUT2D eigenvalue weighted by molar-refractivity contribution is 6.29. The summed E-state index contributed by atoms with van der Waals surface area (Å²) < 4.78 is 0. The molecule has 0 amide bonds. The zero-order chi connectivity index (χ0) is 16.8. The Morgan fingerprint density at radius 3 is 2.96 bits per heavy atom. The maximum Gasteiger partial charge on any atom is 0.173 e. The molecule has 126 valence electrons. The van der Waals surface area contributed by atoms with E-state index in [9.17, 15) is 0 Å². The largest absolute Gasteiger partial charge is 0.351 e. The van der Waals surface area contributed by atoms with Crippen molar-refractivity contribution in [2.24, 2.45) is 4.99 Å². The smallest absolute Gasteiger partial charge is 0.173 e. The van der Waals surface area contributed by atoms with Crippen molar-refractivity contribution >= 4 is 23.0 Å². The number of amidine groups is 1. The van der Waals surface area contributed by atoms with E-state index in [0.29, 0.717) is 0 Å². The zero-order valence-corrected chi connectivity index (χ0v) is 14.4. The van der Waals surface area contributed by atoms with Gasteiger partial charge in [-0.25, -0.2) is 9.98 Å². The molecule has 1 aliphatic heterocycles. The number of aliphatic imine (C=N–C) groups is 1. The molecule has 0 saturated carbocycles. The topological polar surface area (TPSA) is 56.3 Å². The highest BCUT2D eigenvalue weighted by Crippen LogP contribution is 2.21. The first-order valence-electron chi connectivity index (χ1n) is 8.21. The molecule has 0 atom stereocenters. The summed E-state index contributed by atoms with van der Waals surface area (Å²) in [6, 6.07) is 0. The van der Waals surface area contributed by atoms with Gasteiger partial charge in [0.05, 0.1) is 11.9 Å². The van der Waals surface area contributed by atoms with Gasteiger partial charge in [0.2, 0.25) is 0 Å². The van der Waals surface area contributed by atoms with Gasteiger partial charge in [0, 0.05) is 37.4 Å². The Labute approximate surface area is 147 Å². The molecule has 2 aliphatic rings. The Morgan fingerprint density at radius 1 is 1.33 bits per heavy atom. The van der Waals surface area contributed by atoms with Crippen LogP contribution in [0, 0.1) is 0 Å². The third-order valence-corrected chi connectivity index (χ3v) is 4.33. The average Bonchev–Trinajstić information content (AvgIpc) is 3.07. The molecule has 1 fully saturated rings. The minimum Gasteiger partial charge on any atom is -0.351 e. The minimum absolute atomic E-state index is 0.762. The lowest BCUT2D eigenvalue weighted by atomic mass is 10.1. The van der Waals surface area contributed by atoms with Crippen molar-refractivity contribution < 1.29 is 0 Å². The van der Waals surface area contributed by atoms with Gasteiger partial charge in [0.1, 0.15) is 0 Å². The van der Waals surface area contributed by atoms with E-state index in [1.807, 2.05) is 18.3 Å². The Morgan fingerprint density at radius 2 is 2.17 bits per heavy atom. The summed E-state index contributed by atoms with van der Waals surface area (Å²) in [6.07, 6.45) is 13.4. The minimum atomic E-state index is 0.762. The average molecular weight is 344 g/mol. The predicted octanol–water partition coefficient (Wildman–Crippen LogP) is 3.06. The molecular formula is C18H22ClN5. The SMILES string of the molecule is C=CN=C(c1ncc(C2=C/C=C(/Cl)CC/C=C\2)[nH]1)N1CCNCC1. The van der Waals surface area contributed by atoms with E-state index < -0.39 is 0 Å². The van der Waals surface area contributed by atoms with Crippen LogP contribution in [0.4, 0.5) is 0 Å². The molecule has 3 rings (SSSR count). The van der Waals surface area contributed by atoms with Gasteiger partial charge in [-0.05, 0) is 24.5 Å². The molecule has 2 heterocycles. The molecule has 0 unspecified atom stereocenters. The lowest BCUT2D eigenvalue weighted by Crippen LogP contribution is -2.47. The first-order valence-corrected chi connectivity index (χ1v) is 8.59. The Kier molecular flexibility index (Phi) is 5.67. The highest BCUT2D eigenvalue weighted by atomic mass is 35.5. The van der Waals surface area contributed by atoms with Crippen molar-refractivity contribution in [3.63, 3.8) is 0 Å². The number of halogens is 1. The van der Waals surface area contributed by atoms with Crippen LogP contribution in [0.5, 0.6) is 0 Å². The van der Waals surface area contributed by atoms with Crippen LogP contribution in [0.1, 0.15) is 24.4 Å². The van der Waals surface area contributed by atoms with Crippen molar-refractivity contribution in [1.82, 2.24) is 20.2 Å². The van der Waals surface area contributed by atoms with Crippen LogP contribution in [0.3, 0.4) is 0 Å². The molecule has 1 aromatic rings. The van der Waals surface area contributed by atoms with Gasteiger partial charge < -0.3 is 15.2 Å². The fraction of sp³-hybridized carbons (Fsp3) is 0.333.